The molecular weight excluding hydrogens is 202 g/mol. The van der Waals surface area contributed by atoms with Gasteiger partial charge in [0, 0.05) is 24.0 Å². The molecule has 1 aliphatic rings. The van der Waals surface area contributed by atoms with Crippen LogP contribution in [0.4, 0.5) is 0 Å². The molecule has 1 heterocycles. The van der Waals surface area contributed by atoms with Gasteiger partial charge in [0.2, 0.25) is 0 Å². The molecule has 1 aliphatic carbocycles. The maximum atomic E-state index is 5.61. The fourth-order valence-electron chi connectivity index (χ4n) is 2.11. The largest absolute Gasteiger partial charge is 0.463 e. The molecular formula is C12H19N3O. The van der Waals surface area contributed by atoms with Crippen molar-refractivity contribution in [2.45, 2.75) is 39.2 Å². The Kier molecular flexibility index (Phi) is 3.72. The van der Waals surface area contributed by atoms with Crippen LogP contribution >= 0.6 is 0 Å². The summed E-state index contributed by atoms with van der Waals surface area (Å²) in [6.45, 7) is 3.17. The van der Waals surface area contributed by atoms with E-state index in [1.165, 1.54) is 25.7 Å². The first-order chi connectivity index (χ1) is 7.79. The van der Waals surface area contributed by atoms with Gasteiger partial charge in [-0.25, -0.2) is 9.97 Å². The lowest BCUT2D eigenvalue weighted by Crippen LogP contribution is -2.11. The normalized spacial score (nSPS) is 16.6. The van der Waals surface area contributed by atoms with E-state index in [-0.39, 0.29) is 0 Å². The standard InChI is InChI=1S/C12H19N3O/c1-9-11(6-13)7-14-12(15-9)16-8-10-4-2-3-5-10/h7,10H,2-6,8,13H2,1H3. The Bertz CT molecular complexity index is 348. The van der Waals surface area contributed by atoms with Gasteiger partial charge < -0.3 is 10.5 Å². The molecule has 0 atom stereocenters. The number of rotatable bonds is 4. The molecule has 0 amide bonds. The number of aryl methyl sites for hydroxylation is 1. The Labute approximate surface area is 96.2 Å². The van der Waals surface area contributed by atoms with Crippen LogP contribution in [-0.2, 0) is 6.54 Å². The maximum absolute atomic E-state index is 5.61. The van der Waals surface area contributed by atoms with Gasteiger partial charge in [0.05, 0.1) is 6.61 Å². The monoisotopic (exact) mass is 221 g/mol. The Morgan fingerprint density at radius 3 is 2.81 bits per heavy atom. The lowest BCUT2D eigenvalue weighted by molar-refractivity contribution is 0.233. The molecule has 0 radical (unpaired) electrons. The first-order valence-electron chi connectivity index (χ1n) is 5.95. The summed E-state index contributed by atoms with van der Waals surface area (Å²) in [5.74, 6) is 0.693. The minimum absolute atomic E-state index is 0.481. The zero-order valence-corrected chi connectivity index (χ0v) is 9.78. The molecule has 4 nitrogen and oxygen atoms in total. The van der Waals surface area contributed by atoms with Crippen molar-refractivity contribution in [1.82, 2.24) is 9.97 Å². The summed E-state index contributed by atoms with van der Waals surface area (Å²) < 4.78 is 5.61. The molecule has 0 bridgehead atoms. The van der Waals surface area contributed by atoms with Gasteiger partial charge >= 0.3 is 6.01 Å². The van der Waals surface area contributed by atoms with Crippen LogP contribution in [0.25, 0.3) is 0 Å². The van der Waals surface area contributed by atoms with Crippen molar-refractivity contribution in [3.63, 3.8) is 0 Å². The van der Waals surface area contributed by atoms with Crippen LogP contribution in [0.15, 0.2) is 6.20 Å². The number of hydrogen-bond acceptors (Lipinski definition) is 4. The average Bonchev–Trinajstić information content (AvgIpc) is 2.79. The van der Waals surface area contributed by atoms with Gasteiger partial charge in [-0.15, -0.1) is 0 Å². The highest BCUT2D eigenvalue weighted by atomic mass is 16.5. The van der Waals surface area contributed by atoms with Crippen molar-refractivity contribution >= 4 is 0 Å². The molecule has 1 saturated carbocycles. The van der Waals surface area contributed by atoms with Crippen LogP contribution in [0.1, 0.15) is 36.9 Å². The van der Waals surface area contributed by atoms with Gasteiger partial charge in [-0.1, -0.05) is 12.8 Å². The number of nitrogens with zero attached hydrogens (tertiary/aromatic N) is 2. The topological polar surface area (TPSA) is 61.0 Å². The Hall–Kier alpha value is -1.16. The van der Waals surface area contributed by atoms with Crippen LogP contribution in [0.3, 0.4) is 0 Å². The lowest BCUT2D eigenvalue weighted by Gasteiger charge is -2.10. The molecule has 2 rings (SSSR count). The zero-order valence-electron chi connectivity index (χ0n) is 9.78. The van der Waals surface area contributed by atoms with E-state index in [2.05, 4.69) is 9.97 Å². The summed E-state index contributed by atoms with van der Waals surface area (Å²) in [7, 11) is 0. The van der Waals surface area contributed by atoms with E-state index in [0.717, 1.165) is 17.9 Å². The van der Waals surface area contributed by atoms with E-state index in [1.54, 1.807) is 6.20 Å². The molecule has 1 fully saturated rings. The lowest BCUT2D eigenvalue weighted by atomic mass is 10.1. The molecule has 88 valence electrons. The van der Waals surface area contributed by atoms with Crippen molar-refractivity contribution < 1.29 is 4.74 Å². The smallest absolute Gasteiger partial charge is 0.316 e. The van der Waals surface area contributed by atoms with E-state index >= 15 is 0 Å². The predicted molar refractivity (Wildman–Crippen MR) is 62.1 cm³/mol. The fraction of sp³-hybridized carbons (Fsp3) is 0.667. The average molecular weight is 221 g/mol. The second-order valence-electron chi connectivity index (χ2n) is 4.43. The van der Waals surface area contributed by atoms with E-state index in [4.69, 9.17) is 10.5 Å². The highest BCUT2D eigenvalue weighted by Gasteiger charge is 2.16. The molecule has 0 aliphatic heterocycles. The van der Waals surface area contributed by atoms with Gasteiger partial charge in [0.15, 0.2) is 0 Å². The third-order valence-electron chi connectivity index (χ3n) is 3.20. The summed E-state index contributed by atoms with van der Waals surface area (Å²) in [4.78, 5) is 8.45. The quantitative estimate of drug-likeness (QED) is 0.842. The highest BCUT2D eigenvalue weighted by molar-refractivity contribution is 5.17. The second kappa shape index (κ2) is 5.25. The number of ether oxygens (including phenoxy) is 1. The SMILES string of the molecule is Cc1nc(OCC2CCCC2)ncc1CN. The zero-order chi connectivity index (χ0) is 11.4. The van der Waals surface area contributed by atoms with Gasteiger partial charge in [0.1, 0.15) is 0 Å². The minimum atomic E-state index is 0.481. The van der Waals surface area contributed by atoms with Crippen LogP contribution in [0.2, 0.25) is 0 Å². The van der Waals surface area contributed by atoms with E-state index < -0.39 is 0 Å². The van der Waals surface area contributed by atoms with Crippen LogP contribution in [0.5, 0.6) is 6.01 Å². The van der Waals surface area contributed by atoms with E-state index in [1.807, 2.05) is 6.92 Å². The molecule has 1 aromatic rings. The first kappa shape index (κ1) is 11.3. The Balaban J connectivity index is 1.91. The van der Waals surface area contributed by atoms with Crippen LogP contribution in [-0.4, -0.2) is 16.6 Å². The van der Waals surface area contributed by atoms with Crippen molar-refractivity contribution in [2.75, 3.05) is 6.61 Å². The first-order valence-corrected chi connectivity index (χ1v) is 5.95. The number of hydrogen-bond donors (Lipinski definition) is 1. The number of nitrogens with two attached hydrogens (primary N) is 1. The molecule has 16 heavy (non-hydrogen) atoms. The highest BCUT2D eigenvalue weighted by Crippen LogP contribution is 2.24. The van der Waals surface area contributed by atoms with Crippen LogP contribution in [0, 0.1) is 12.8 Å². The molecule has 1 aromatic heterocycles. The Morgan fingerprint density at radius 2 is 2.19 bits per heavy atom. The summed E-state index contributed by atoms with van der Waals surface area (Å²) in [5, 5.41) is 0. The van der Waals surface area contributed by atoms with Gasteiger partial charge in [0.25, 0.3) is 0 Å². The molecule has 0 aromatic carbocycles. The molecule has 2 N–H and O–H groups in total. The fourth-order valence-corrected chi connectivity index (χ4v) is 2.11. The minimum Gasteiger partial charge on any atom is -0.463 e. The summed E-state index contributed by atoms with van der Waals surface area (Å²) in [5.41, 5.74) is 7.45. The molecule has 0 saturated heterocycles. The Morgan fingerprint density at radius 1 is 1.44 bits per heavy atom. The third-order valence-corrected chi connectivity index (χ3v) is 3.20. The van der Waals surface area contributed by atoms with Crippen molar-refractivity contribution in [2.24, 2.45) is 11.7 Å². The van der Waals surface area contributed by atoms with Gasteiger partial charge in [-0.05, 0) is 25.7 Å². The maximum Gasteiger partial charge on any atom is 0.316 e. The van der Waals surface area contributed by atoms with Crippen molar-refractivity contribution in [3.05, 3.63) is 17.5 Å². The summed E-state index contributed by atoms with van der Waals surface area (Å²) in [6, 6.07) is 0.488. The molecule has 0 unspecified atom stereocenters. The van der Waals surface area contributed by atoms with Gasteiger partial charge in [-0.2, -0.15) is 0 Å². The summed E-state index contributed by atoms with van der Waals surface area (Å²) >= 11 is 0. The number of aromatic nitrogens is 2. The third kappa shape index (κ3) is 2.70. The van der Waals surface area contributed by atoms with Crippen molar-refractivity contribution in [3.8, 4) is 6.01 Å². The second-order valence-corrected chi connectivity index (χ2v) is 4.43. The molecule has 4 heteroatoms. The van der Waals surface area contributed by atoms with E-state index in [0.29, 0.717) is 18.5 Å². The predicted octanol–water partition coefficient (Wildman–Crippen LogP) is 1.81. The van der Waals surface area contributed by atoms with E-state index in [9.17, 15) is 0 Å². The van der Waals surface area contributed by atoms with Gasteiger partial charge in [-0.3, -0.25) is 0 Å². The van der Waals surface area contributed by atoms with Crippen molar-refractivity contribution in [1.29, 1.82) is 0 Å². The summed E-state index contributed by atoms with van der Waals surface area (Å²) in [6.07, 6.45) is 6.98. The van der Waals surface area contributed by atoms with Crippen LogP contribution < -0.4 is 10.5 Å². The molecule has 0 spiro atoms.